The number of thioether (sulfide) groups is 1. The molecular formula is C20H19N3OS2. The molecule has 0 N–H and O–H groups in total. The molecular weight excluding hydrogens is 362 g/mol. The average molecular weight is 382 g/mol. The number of fused-ring (bicyclic) bond motifs is 1. The number of hydrogen-bond acceptors (Lipinski definition) is 5. The van der Waals surface area contributed by atoms with Crippen molar-refractivity contribution in [1.29, 1.82) is 0 Å². The third-order valence-corrected chi connectivity index (χ3v) is 6.84. The Hall–Kier alpha value is -2.31. The van der Waals surface area contributed by atoms with Gasteiger partial charge >= 0.3 is 0 Å². The van der Waals surface area contributed by atoms with Gasteiger partial charge in [0.1, 0.15) is 14.2 Å². The van der Waals surface area contributed by atoms with E-state index in [9.17, 15) is 4.79 Å². The van der Waals surface area contributed by atoms with E-state index in [1.807, 2.05) is 42.8 Å². The molecule has 0 saturated carbocycles. The monoisotopic (exact) mass is 381 g/mol. The number of aromatic nitrogens is 2. The molecule has 3 aromatic rings. The molecule has 0 aliphatic carbocycles. The first-order valence-corrected chi connectivity index (χ1v) is 10.1. The van der Waals surface area contributed by atoms with Gasteiger partial charge in [0.05, 0.1) is 11.4 Å². The molecule has 0 saturated heterocycles. The lowest BCUT2D eigenvalue weighted by Gasteiger charge is -2.12. The summed E-state index contributed by atoms with van der Waals surface area (Å²) in [5, 5.41) is 1.00. The molecule has 6 heteroatoms. The number of rotatable bonds is 2. The van der Waals surface area contributed by atoms with E-state index in [1.54, 1.807) is 18.0 Å². The summed E-state index contributed by atoms with van der Waals surface area (Å²) in [6, 6.07) is 12.2. The topological polar surface area (TPSA) is 38.1 Å². The maximum atomic E-state index is 13.0. The van der Waals surface area contributed by atoms with Gasteiger partial charge in [0, 0.05) is 24.7 Å². The smallest absolute Gasteiger partial charge is 0.271 e. The lowest BCUT2D eigenvalue weighted by molar-refractivity contribution is 0.722. The molecule has 0 fully saturated rings. The Morgan fingerprint density at radius 1 is 1.23 bits per heavy atom. The van der Waals surface area contributed by atoms with Crippen LogP contribution in [0.2, 0.25) is 0 Å². The molecule has 4 rings (SSSR count). The van der Waals surface area contributed by atoms with Crippen molar-refractivity contribution in [2.45, 2.75) is 25.3 Å². The first-order chi connectivity index (χ1) is 12.6. The number of anilines is 1. The lowest BCUT2D eigenvalue weighted by Crippen LogP contribution is -2.33. The molecule has 3 heterocycles. The van der Waals surface area contributed by atoms with Gasteiger partial charge in [-0.15, -0.1) is 11.3 Å². The molecule has 0 bridgehead atoms. The third kappa shape index (κ3) is 2.89. The summed E-state index contributed by atoms with van der Waals surface area (Å²) in [7, 11) is 2.03. The first kappa shape index (κ1) is 17.1. The zero-order valence-electron chi connectivity index (χ0n) is 14.9. The van der Waals surface area contributed by atoms with E-state index in [0.717, 1.165) is 25.6 Å². The highest BCUT2D eigenvalue weighted by Gasteiger charge is 2.24. The van der Waals surface area contributed by atoms with Gasteiger partial charge in [-0.25, -0.2) is 0 Å². The van der Waals surface area contributed by atoms with Crippen LogP contribution in [0.4, 0.5) is 5.69 Å². The Kier molecular flexibility index (Phi) is 4.46. The van der Waals surface area contributed by atoms with Crippen LogP contribution in [-0.4, -0.2) is 16.6 Å². The number of aryl methyl sites for hydroxylation is 1. The number of benzene rings is 1. The standard InChI is InChI=1S/C20H19N3OS2/c1-4-23-17(12-14-7-5-6-10-21-14)26-18(19(23)24)20-22(3)15-9-8-13(2)11-16(15)25-20/h5-12H,4H2,1-3H3. The van der Waals surface area contributed by atoms with Gasteiger partial charge in [-0.1, -0.05) is 23.9 Å². The van der Waals surface area contributed by atoms with Gasteiger partial charge in [0.2, 0.25) is 0 Å². The van der Waals surface area contributed by atoms with E-state index in [-0.39, 0.29) is 5.56 Å². The van der Waals surface area contributed by atoms with Crippen molar-refractivity contribution in [3.63, 3.8) is 0 Å². The van der Waals surface area contributed by atoms with Crippen LogP contribution in [0.5, 0.6) is 0 Å². The lowest BCUT2D eigenvalue weighted by atomic mass is 10.2. The Morgan fingerprint density at radius 3 is 2.81 bits per heavy atom. The molecule has 1 aliphatic heterocycles. The second-order valence-corrected chi connectivity index (χ2v) is 8.22. The molecule has 2 aromatic heterocycles. The zero-order chi connectivity index (χ0) is 18.3. The van der Waals surface area contributed by atoms with Gasteiger partial charge in [-0.2, -0.15) is 0 Å². The molecule has 132 valence electrons. The summed E-state index contributed by atoms with van der Waals surface area (Å²) < 4.78 is 3.54. The van der Waals surface area contributed by atoms with Crippen LogP contribution in [0.25, 0.3) is 11.1 Å². The molecule has 0 unspecified atom stereocenters. The van der Waals surface area contributed by atoms with Gasteiger partial charge in [0.15, 0.2) is 0 Å². The van der Waals surface area contributed by atoms with Crippen molar-refractivity contribution < 1.29 is 0 Å². The van der Waals surface area contributed by atoms with Gasteiger partial charge in [0.25, 0.3) is 5.56 Å². The number of pyridine rings is 1. The van der Waals surface area contributed by atoms with Crippen molar-refractivity contribution in [1.82, 2.24) is 9.55 Å². The van der Waals surface area contributed by atoms with E-state index in [0.29, 0.717) is 6.54 Å². The van der Waals surface area contributed by atoms with E-state index < -0.39 is 0 Å². The molecule has 4 nitrogen and oxygen atoms in total. The second-order valence-electron chi connectivity index (χ2n) is 6.16. The first-order valence-electron chi connectivity index (χ1n) is 8.47. The number of thiazole rings is 1. The summed E-state index contributed by atoms with van der Waals surface area (Å²) in [5.41, 5.74) is 3.31. The normalized spacial score (nSPS) is 16.3. The number of nitrogens with zero attached hydrogens (tertiary/aromatic N) is 3. The average Bonchev–Trinajstić information content (AvgIpc) is 3.12. The van der Waals surface area contributed by atoms with Crippen LogP contribution in [0.3, 0.4) is 0 Å². The summed E-state index contributed by atoms with van der Waals surface area (Å²) in [6.45, 7) is 4.73. The van der Waals surface area contributed by atoms with E-state index >= 15 is 0 Å². The predicted octanol–water partition coefficient (Wildman–Crippen LogP) is 2.77. The number of hydrogen-bond donors (Lipinski definition) is 0. The van der Waals surface area contributed by atoms with Crippen molar-refractivity contribution in [2.75, 3.05) is 11.9 Å². The fraction of sp³-hybridized carbons (Fsp3) is 0.200. The third-order valence-electron chi connectivity index (χ3n) is 4.37. The zero-order valence-corrected chi connectivity index (χ0v) is 16.5. The molecule has 0 atom stereocenters. The highest BCUT2D eigenvalue weighted by Crippen LogP contribution is 2.45. The Morgan fingerprint density at radius 2 is 2.08 bits per heavy atom. The van der Waals surface area contributed by atoms with Gasteiger partial charge < -0.3 is 4.90 Å². The predicted molar refractivity (Wildman–Crippen MR) is 110 cm³/mol. The van der Waals surface area contributed by atoms with Crippen molar-refractivity contribution in [3.8, 4) is 0 Å². The highest BCUT2D eigenvalue weighted by molar-refractivity contribution is 8.08. The van der Waals surface area contributed by atoms with E-state index in [2.05, 4.69) is 35.0 Å². The molecule has 0 spiro atoms. The largest absolute Gasteiger partial charge is 0.337 e. The van der Waals surface area contributed by atoms with Crippen molar-refractivity contribution in [3.05, 3.63) is 73.4 Å². The second kappa shape index (κ2) is 6.78. The molecule has 26 heavy (non-hydrogen) atoms. The van der Waals surface area contributed by atoms with Crippen LogP contribution in [-0.2, 0) is 6.54 Å². The molecule has 1 aliphatic rings. The van der Waals surface area contributed by atoms with E-state index in [1.165, 1.54) is 21.8 Å². The minimum atomic E-state index is 0.0681. The molecule has 0 radical (unpaired) electrons. The van der Waals surface area contributed by atoms with Gasteiger partial charge in [-0.3, -0.25) is 14.3 Å². The summed E-state index contributed by atoms with van der Waals surface area (Å²) in [4.78, 5) is 20.7. The Balaban J connectivity index is 1.93. The maximum absolute atomic E-state index is 13.0. The minimum absolute atomic E-state index is 0.0681. The maximum Gasteiger partial charge on any atom is 0.271 e. The van der Waals surface area contributed by atoms with Crippen LogP contribution in [0.1, 0.15) is 18.2 Å². The fourth-order valence-corrected chi connectivity index (χ4v) is 5.58. The SMILES string of the molecule is CCn1c(=Cc2ccccn2)sc(=C2Sc3cc(C)ccc3N2C)c1=O. The summed E-state index contributed by atoms with van der Waals surface area (Å²) in [6.07, 6.45) is 3.75. The highest BCUT2D eigenvalue weighted by atomic mass is 32.2. The Labute approximate surface area is 160 Å². The van der Waals surface area contributed by atoms with Crippen LogP contribution in [0.15, 0.2) is 52.3 Å². The van der Waals surface area contributed by atoms with Gasteiger partial charge in [-0.05, 0) is 49.8 Å². The minimum Gasteiger partial charge on any atom is -0.337 e. The molecule has 0 amide bonds. The molecule has 1 aromatic carbocycles. The van der Waals surface area contributed by atoms with Crippen molar-refractivity contribution >= 4 is 39.9 Å². The van der Waals surface area contributed by atoms with E-state index in [4.69, 9.17) is 0 Å². The van der Waals surface area contributed by atoms with Crippen LogP contribution in [0, 0.1) is 6.92 Å². The van der Waals surface area contributed by atoms with Crippen LogP contribution < -0.4 is 19.7 Å². The summed E-state index contributed by atoms with van der Waals surface area (Å²) in [5.74, 6) is 0. The van der Waals surface area contributed by atoms with Crippen molar-refractivity contribution in [2.24, 2.45) is 0 Å². The quantitative estimate of drug-likeness (QED) is 0.684. The summed E-state index contributed by atoms with van der Waals surface area (Å²) >= 11 is 3.21. The van der Waals surface area contributed by atoms with Crippen LogP contribution >= 0.6 is 23.1 Å². The Bertz CT molecular complexity index is 1150. The fourth-order valence-electron chi connectivity index (χ4n) is 3.02.